The van der Waals surface area contributed by atoms with Gasteiger partial charge in [-0.3, -0.25) is 14.5 Å². The van der Waals surface area contributed by atoms with Crippen molar-refractivity contribution in [2.75, 3.05) is 20.2 Å². The first-order valence-electron chi connectivity index (χ1n) is 10.1. The Bertz CT molecular complexity index is 1150. The van der Waals surface area contributed by atoms with Crippen LogP contribution >= 0.6 is 0 Å². The Balaban J connectivity index is 1.64. The van der Waals surface area contributed by atoms with E-state index in [1.165, 1.54) is 9.58 Å². The zero-order chi connectivity index (χ0) is 22.9. The van der Waals surface area contributed by atoms with E-state index in [2.05, 4.69) is 20.8 Å². The fourth-order valence-corrected chi connectivity index (χ4v) is 3.62. The highest BCUT2D eigenvalue weighted by Gasteiger charge is 2.42. The van der Waals surface area contributed by atoms with Crippen molar-refractivity contribution in [3.8, 4) is 5.69 Å². The molecule has 10 heteroatoms. The van der Waals surface area contributed by atoms with E-state index >= 15 is 0 Å². The number of carbonyl (C=O) groups excluding carboxylic acids is 3. The predicted octanol–water partition coefficient (Wildman–Crippen LogP) is 1.57. The number of hydrogen-bond acceptors (Lipinski definition) is 8. The van der Waals surface area contributed by atoms with Crippen molar-refractivity contribution in [3.63, 3.8) is 0 Å². The standard InChI is InChI=1S/C22H22N6O4/c1-4-32-20(31)14-9-11-15(12-10-14)28-21(24-25-26-28)22(2,23-3)13-27-18(29)16-7-5-6-8-17(16)19(27)30/h5-12,23H,4,13H2,1-3H3/t22-/m1/s1. The molecule has 1 aliphatic rings. The Morgan fingerprint density at radius 3 is 2.25 bits per heavy atom. The second kappa shape index (κ2) is 8.31. The number of nitrogens with one attached hydrogen (secondary N) is 1. The molecule has 2 amide bonds. The molecule has 10 nitrogen and oxygen atoms in total. The summed E-state index contributed by atoms with van der Waals surface area (Å²) in [5, 5.41) is 15.2. The van der Waals surface area contributed by atoms with Crippen LogP contribution in [0.25, 0.3) is 5.69 Å². The monoisotopic (exact) mass is 434 g/mol. The largest absolute Gasteiger partial charge is 0.462 e. The van der Waals surface area contributed by atoms with Crippen LogP contribution in [0.15, 0.2) is 48.5 Å². The molecular formula is C22H22N6O4. The molecule has 4 rings (SSSR count). The minimum atomic E-state index is -0.948. The van der Waals surface area contributed by atoms with E-state index in [0.29, 0.717) is 28.2 Å². The van der Waals surface area contributed by atoms with E-state index in [1.54, 1.807) is 62.5 Å². The number of rotatable bonds is 7. The van der Waals surface area contributed by atoms with E-state index in [0.717, 1.165) is 0 Å². The van der Waals surface area contributed by atoms with Gasteiger partial charge in [0.1, 0.15) is 0 Å². The fourth-order valence-electron chi connectivity index (χ4n) is 3.62. The average Bonchev–Trinajstić information content (AvgIpc) is 3.40. The molecule has 0 spiro atoms. The third-order valence-corrected chi connectivity index (χ3v) is 5.49. The average molecular weight is 434 g/mol. The van der Waals surface area contributed by atoms with Crippen LogP contribution in [0.4, 0.5) is 0 Å². The Labute approximate surface area is 184 Å². The molecule has 2 heterocycles. The molecular weight excluding hydrogens is 412 g/mol. The molecule has 1 aromatic heterocycles. The number of amides is 2. The molecule has 1 N–H and O–H groups in total. The first-order chi connectivity index (χ1) is 15.4. The van der Waals surface area contributed by atoms with Gasteiger partial charge in [0.05, 0.1) is 41.1 Å². The van der Waals surface area contributed by atoms with Gasteiger partial charge in [-0.2, -0.15) is 4.68 Å². The van der Waals surface area contributed by atoms with Crippen molar-refractivity contribution >= 4 is 17.8 Å². The van der Waals surface area contributed by atoms with Crippen LogP contribution in [0.1, 0.15) is 50.7 Å². The van der Waals surface area contributed by atoms with Crippen LogP contribution in [-0.4, -0.2) is 63.1 Å². The number of likely N-dealkylation sites (N-methyl/N-ethyl adjacent to an activating group) is 1. The van der Waals surface area contributed by atoms with Crippen LogP contribution in [-0.2, 0) is 10.3 Å². The van der Waals surface area contributed by atoms with E-state index in [1.807, 2.05) is 6.92 Å². The van der Waals surface area contributed by atoms with E-state index in [4.69, 9.17) is 4.74 Å². The second-order valence-corrected chi connectivity index (χ2v) is 7.51. The summed E-state index contributed by atoms with van der Waals surface area (Å²) in [6.07, 6.45) is 0. The molecule has 164 valence electrons. The van der Waals surface area contributed by atoms with E-state index < -0.39 is 11.5 Å². The van der Waals surface area contributed by atoms with Crippen molar-refractivity contribution in [2.24, 2.45) is 0 Å². The number of esters is 1. The van der Waals surface area contributed by atoms with Crippen molar-refractivity contribution < 1.29 is 19.1 Å². The normalized spacial score (nSPS) is 14.9. The SMILES string of the molecule is CCOC(=O)c1ccc(-n2nnnc2[C@@](C)(CN2C(=O)c3ccccc3C2=O)NC)cc1. The van der Waals surface area contributed by atoms with Crippen LogP contribution in [0.5, 0.6) is 0 Å². The molecule has 32 heavy (non-hydrogen) atoms. The third kappa shape index (κ3) is 3.54. The van der Waals surface area contributed by atoms with Crippen LogP contribution in [0, 0.1) is 0 Å². The van der Waals surface area contributed by atoms with E-state index in [-0.39, 0.29) is 25.0 Å². The Morgan fingerprint density at radius 2 is 1.69 bits per heavy atom. The highest BCUT2D eigenvalue weighted by Crippen LogP contribution is 2.28. The van der Waals surface area contributed by atoms with Gasteiger partial charge >= 0.3 is 5.97 Å². The summed E-state index contributed by atoms with van der Waals surface area (Å²) < 4.78 is 6.51. The molecule has 0 radical (unpaired) electrons. The molecule has 0 bridgehead atoms. The molecule has 0 saturated carbocycles. The summed E-state index contributed by atoms with van der Waals surface area (Å²) >= 11 is 0. The lowest BCUT2D eigenvalue weighted by Crippen LogP contribution is -2.50. The van der Waals surface area contributed by atoms with Crippen LogP contribution in [0.2, 0.25) is 0 Å². The lowest BCUT2D eigenvalue weighted by molar-refractivity contribution is 0.0525. The molecule has 1 aliphatic heterocycles. The molecule has 3 aromatic rings. The first kappa shape index (κ1) is 21.3. The zero-order valence-corrected chi connectivity index (χ0v) is 17.9. The number of imide groups is 1. The molecule has 1 atom stereocenters. The lowest BCUT2D eigenvalue weighted by Gasteiger charge is -2.31. The van der Waals surface area contributed by atoms with Crippen LogP contribution < -0.4 is 5.32 Å². The molecule has 0 fully saturated rings. The summed E-state index contributed by atoms with van der Waals surface area (Å²) in [5.41, 5.74) is 0.834. The summed E-state index contributed by atoms with van der Waals surface area (Å²) in [6, 6.07) is 13.4. The number of fused-ring (bicyclic) bond motifs is 1. The second-order valence-electron chi connectivity index (χ2n) is 7.51. The van der Waals surface area contributed by atoms with Gasteiger partial charge in [-0.25, -0.2) is 4.79 Å². The molecule has 0 saturated heterocycles. The zero-order valence-electron chi connectivity index (χ0n) is 17.9. The Kier molecular flexibility index (Phi) is 5.54. The van der Waals surface area contributed by atoms with Gasteiger partial charge in [0.15, 0.2) is 5.82 Å². The van der Waals surface area contributed by atoms with Crippen LogP contribution in [0.3, 0.4) is 0 Å². The Morgan fingerprint density at radius 1 is 1.06 bits per heavy atom. The summed E-state index contributed by atoms with van der Waals surface area (Å²) in [6.45, 7) is 3.87. The first-order valence-corrected chi connectivity index (χ1v) is 10.1. The van der Waals surface area contributed by atoms with Gasteiger partial charge in [0.2, 0.25) is 0 Å². The number of aromatic nitrogens is 4. The maximum absolute atomic E-state index is 12.9. The van der Waals surface area contributed by atoms with Crippen molar-refractivity contribution in [2.45, 2.75) is 19.4 Å². The van der Waals surface area contributed by atoms with Gasteiger partial charge in [-0.05, 0) is 67.7 Å². The van der Waals surface area contributed by atoms with Gasteiger partial charge < -0.3 is 10.1 Å². The van der Waals surface area contributed by atoms with Gasteiger partial charge in [0.25, 0.3) is 11.8 Å². The van der Waals surface area contributed by atoms with Gasteiger partial charge in [-0.15, -0.1) is 5.10 Å². The van der Waals surface area contributed by atoms with Crippen molar-refractivity contribution in [1.82, 2.24) is 30.4 Å². The minimum absolute atomic E-state index is 0.0249. The number of hydrogen-bond donors (Lipinski definition) is 1. The highest BCUT2D eigenvalue weighted by molar-refractivity contribution is 6.21. The van der Waals surface area contributed by atoms with E-state index in [9.17, 15) is 14.4 Å². The molecule has 2 aromatic carbocycles. The highest BCUT2D eigenvalue weighted by atomic mass is 16.5. The number of tetrazole rings is 1. The van der Waals surface area contributed by atoms with Gasteiger partial charge in [0, 0.05) is 0 Å². The number of ether oxygens (including phenoxy) is 1. The molecule has 0 aliphatic carbocycles. The topological polar surface area (TPSA) is 119 Å². The molecule has 0 unspecified atom stereocenters. The smallest absolute Gasteiger partial charge is 0.338 e. The third-order valence-electron chi connectivity index (χ3n) is 5.49. The Hall–Kier alpha value is -3.92. The van der Waals surface area contributed by atoms with Crippen molar-refractivity contribution in [3.05, 3.63) is 71.0 Å². The van der Waals surface area contributed by atoms with Crippen molar-refractivity contribution in [1.29, 1.82) is 0 Å². The fraction of sp³-hybridized carbons (Fsp3) is 0.273. The summed E-state index contributed by atoms with van der Waals surface area (Å²) in [4.78, 5) is 38.8. The quantitative estimate of drug-likeness (QED) is 0.440. The predicted molar refractivity (Wildman–Crippen MR) is 113 cm³/mol. The number of carbonyl (C=O) groups is 3. The van der Waals surface area contributed by atoms with Gasteiger partial charge in [-0.1, -0.05) is 12.1 Å². The summed E-state index contributed by atoms with van der Waals surface area (Å²) in [5.74, 6) is -0.725. The number of benzene rings is 2. The summed E-state index contributed by atoms with van der Waals surface area (Å²) in [7, 11) is 1.71. The lowest BCUT2D eigenvalue weighted by atomic mass is 10.0. The number of nitrogens with zero attached hydrogens (tertiary/aromatic N) is 5. The maximum atomic E-state index is 12.9. The maximum Gasteiger partial charge on any atom is 0.338 e. The minimum Gasteiger partial charge on any atom is -0.462 e.